The van der Waals surface area contributed by atoms with Crippen molar-refractivity contribution in [3.8, 4) is 0 Å². The van der Waals surface area contributed by atoms with Gasteiger partial charge in [-0.2, -0.15) is 0 Å². The van der Waals surface area contributed by atoms with E-state index in [1.54, 1.807) is 11.8 Å². The summed E-state index contributed by atoms with van der Waals surface area (Å²) in [5.41, 5.74) is 2.27. The number of anilines is 1. The molecule has 17 heavy (non-hydrogen) atoms. The summed E-state index contributed by atoms with van der Waals surface area (Å²) in [4.78, 5) is 8.95. The fourth-order valence-corrected chi connectivity index (χ4v) is 2.51. The van der Waals surface area contributed by atoms with E-state index in [0.717, 1.165) is 21.6 Å². The lowest BCUT2D eigenvalue weighted by Gasteiger charge is -2.05. The summed E-state index contributed by atoms with van der Waals surface area (Å²) < 4.78 is 0. The van der Waals surface area contributed by atoms with Crippen molar-refractivity contribution in [1.29, 1.82) is 0 Å². The second-order valence-electron chi connectivity index (χ2n) is 3.84. The van der Waals surface area contributed by atoms with E-state index in [1.165, 1.54) is 5.56 Å². The number of nitrogens with one attached hydrogen (secondary N) is 1. The Labute approximate surface area is 106 Å². The molecule has 4 heteroatoms. The topological polar surface area (TPSA) is 37.8 Å². The largest absolute Gasteiger partial charge is 0.373 e. The van der Waals surface area contributed by atoms with Gasteiger partial charge in [-0.15, -0.1) is 0 Å². The maximum absolute atomic E-state index is 4.49. The van der Waals surface area contributed by atoms with E-state index in [-0.39, 0.29) is 0 Å². The molecule has 0 radical (unpaired) electrons. The summed E-state index contributed by atoms with van der Waals surface area (Å²) in [7, 11) is 1.87. The van der Waals surface area contributed by atoms with Crippen LogP contribution in [0.4, 0.5) is 5.82 Å². The Bertz CT molecular complexity index is 506. The standard InChI is InChI=1S/C13H15N3S/c1-9-7-10(2)15-13(8-9)17-12-6-4-5-11(14-3)16-12/h4-8H,1-3H3,(H,14,16). The Morgan fingerprint density at radius 2 is 1.88 bits per heavy atom. The molecule has 0 aromatic carbocycles. The van der Waals surface area contributed by atoms with Crippen LogP contribution < -0.4 is 5.32 Å². The van der Waals surface area contributed by atoms with Crippen LogP contribution in [0.25, 0.3) is 0 Å². The molecule has 88 valence electrons. The van der Waals surface area contributed by atoms with Crippen LogP contribution in [0.15, 0.2) is 40.4 Å². The Balaban J connectivity index is 2.24. The van der Waals surface area contributed by atoms with E-state index >= 15 is 0 Å². The van der Waals surface area contributed by atoms with Gasteiger partial charge in [0.25, 0.3) is 0 Å². The van der Waals surface area contributed by atoms with Gasteiger partial charge < -0.3 is 5.32 Å². The summed E-state index contributed by atoms with van der Waals surface area (Å²) >= 11 is 1.58. The number of hydrogen-bond acceptors (Lipinski definition) is 4. The lowest BCUT2D eigenvalue weighted by Crippen LogP contribution is -1.93. The van der Waals surface area contributed by atoms with E-state index in [9.17, 15) is 0 Å². The molecule has 2 rings (SSSR count). The molecule has 0 saturated heterocycles. The van der Waals surface area contributed by atoms with E-state index in [1.807, 2.05) is 32.2 Å². The molecule has 3 nitrogen and oxygen atoms in total. The van der Waals surface area contributed by atoms with Gasteiger partial charge in [0.1, 0.15) is 15.9 Å². The third-order valence-electron chi connectivity index (χ3n) is 2.26. The van der Waals surface area contributed by atoms with Gasteiger partial charge in [0.05, 0.1) is 0 Å². The number of rotatable bonds is 3. The molecule has 0 saturated carbocycles. The van der Waals surface area contributed by atoms with Gasteiger partial charge in [0.15, 0.2) is 0 Å². The Morgan fingerprint density at radius 1 is 1.06 bits per heavy atom. The van der Waals surface area contributed by atoms with Crippen LogP contribution in [0.5, 0.6) is 0 Å². The summed E-state index contributed by atoms with van der Waals surface area (Å²) in [5.74, 6) is 0.874. The molecule has 0 amide bonds. The minimum absolute atomic E-state index is 0.874. The Kier molecular flexibility index (Phi) is 3.64. The van der Waals surface area contributed by atoms with Gasteiger partial charge in [-0.1, -0.05) is 17.8 Å². The smallest absolute Gasteiger partial charge is 0.127 e. The van der Waals surface area contributed by atoms with Gasteiger partial charge in [-0.3, -0.25) is 0 Å². The average Bonchev–Trinajstić information content (AvgIpc) is 2.28. The predicted octanol–water partition coefficient (Wildman–Crippen LogP) is 3.29. The molecule has 2 aromatic rings. The summed E-state index contributed by atoms with van der Waals surface area (Å²) in [6.07, 6.45) is 0. The molecule has 2 aromatic heterocycles. The number of aromatic nitrogens is 2. The highest BCUT2D eigenvalue weighted by Gasteiger charge is 2.02. The van der Waals surface area contributed by atoms with Crippen molar-refractivity contribution in [3.63, 3.8) is 0 Å². The first-order chi connectivity index (χ1) is 8.17. The Morgan fingerprint density at radius 3 is 2.59 bits per heavy atom. The van der Waals surface area contributed by atoms with Crippen molar-refractivity contribution in [1.82, 2.24) is 9.97 Å². The quantitative estimate of drug-likeness (QED) is 0.900. The highest BCUT2D eigenvalue weighted by Crippen LogP contribution is 2.26. The molecule has 2 heterocycles. The molecule has 0 spiro atoms. The zero-order valence-electron chi connectivity index (χ0n) is 10.2. The second kappa shape index (κ2) is 5.19. The minimum Gasteiger partial charge on any atom is -0.373 e. The molecular weight excluding hydrogens is 230 g/mol. The van der Waals surface area contributed by atoms with Crippen molar-refractivity contribution in [2.45, 2.75) is 23.9 Å². The van der Waals surface area contributed by atoms with Gasteiger partial charge in [0.2, 0.25) is 0 Å². The van der Waals surface area contributed by atoms with E-state index in [4.69, 9.17) is 0 Å². The van der Waals surface area contributed by atoms with Crippen molar-refractivity contribution in [3.05, 3.63) is 41.6 Å². The zero-order chi connectivity index (χ0) is 12.3. The first kappa shape index (κ1) is 11.9. The summed E-state index contributed by atoms with van der Waals surface area (Å²) in [6.45, 7) is 4.09. The van der Waals surface area contributed by atoms with Crippen LogP contribution >= 0.6 is 11.8 Å². The number of aryl methyl sites for hydroxylation is 2. The minimum atomic E-state index is 0.874. The molecule has 0 unspecified atom stereocenters. The van der Waals surface area contributed by atoms with Crippen molar-refractivity contribution in [2.75, 3.05) is 12.4 Å². The second-order valence-corrected chi connectivity index (χ2v) is 4.88. The van der Waals surface area contributed by atoms with Crippen molar-refractivity contribution < 1.29 is 0 Å². The van der Waals surface area contributed by atoms with Crippen LogP contribution in [-0.4, -0.2) is 17.0 Å². The first-order valence-corrected chi connectivity index (χ1v) is 6.27. The molecule has 1 N–H and O–H groups in total. The molecular formula is C13H15N3S. The summed E-state index contributed by atoms with van der Waals surface area (Å²) in [5, 5.41) is 4.97. The van der Waals surface area contributed by atoms with Gasteiger partial charge in [-0.25, -0.2) is 9.97 Å². The predicted molar refractivity (Wildman–Crippen MR) is 71.6 cm³/mol. The summed E-state index contributed by atoms with van der Waals surface area (Å²) in [6, 6.07) is 10.1. The lowest BCUT2D eigenvalue weighted by atomic mass is 10.3. The molecule has 0 atom stereocenters. The maximum Gasteiger partial charge on any atom is 0.127 e. The first-order valence-electron chi connectivity index (χ1n) is 5.45. The van der Waals surface area contributed by atoms with Crippen LogP contribution in [-0.2, 0) is 0 Å². The normalized spacial score (nSPS) is 10.3. The zero-order valence-corrected chi connectivity index (χ0v) is 11.0. The third kappa shape index (κ3) is 3.20. The maximum atomic E-state index is 4.49. The molecule has 0 aliphatic carbocycles. The van der Waals surface area contributed by atoms with Crippen LogP contribution in [0, 0.1) is 13.8 Å². The highest BCUT2D eigenvalue weighted by atomic mass is 32.2. The molecule has 0 fully saturated rings. The SMILES string of the molecule is CNc1cccc(Sc2cc(C)cc(C)n2)n1. The van der Waals surface area contributed by atoms with Crippen LogP contribution in [0.1, 0.15) is 11.3 Å². The van der Waals surface area contributed by atoms with Crippen molar-refractivity contribution in [2.24, 2.45) is 0 Å². The fourth-order valence-electron chi connectivity index (χ4n) is 1.57. The average molecular weight is 245 g/mol. The molecule has 0 bridgehead atoms. The van der Waals surface area contributed by atoms with Gasteiger partial charge >= 0.3 is 0 Å². The van der Waals surface area contributed by atoms with Gasteiger partial charge in [-0.05, 0) is 43.7 Å². The van der Waals surface area contributed by atoms with Crippen LogP contribution in [0.3, 0.4) is 0 Å². The van der Waals surface area contributed by atoms with E-state index in [2.05, 4.69) is 34.3 Å². The number of nitrogens with zero attached hydrogens (tertiary/aromatic N) is 2. The van der Waals surface area contributed by atoms with Gasteiger partial charge in [0, 0.05) is 12.7 Å². The number of pyridine rings is 2. The highest BCUT2D eigenvalue weighted by molar-refractivity contribution is 7.99. The molecule has 0 aliphatic rings. The lowest BCUT2D eigenvalue weighted by molar-refractivity contribution is 1.04. The van der Waals surface area contributed by atoms with Crippen molar-refractivity contribution >= 4 is 17.6 Å². The third-order valence-corrected chi connectivity index (χ3v) is 3.12. The van der Waals surface area contributed by atoms with Crippen LogP contribution in [0.2, 0.25) is 0 Å². The monoisotopic (exact) mass is 245 g/mol. The van der Waals surface area contributed by atoms with E-state index in [0.29, 0.717) is 0 Å². The Hall–Kier alpha value is -1.55. The molecule has 0 aliphatic heterocycles. The van der Waals surface area contributed by atoms with E-state index < -0.39 is 0 Å². The number of hydrogen-bond donors (Lipinski definition) is 1. The fraction of sp³-hybridized carbons (Fsp3) is 0.231.